The Morgan fingerprint density at radius 1 is 1.03 bits per heavy atom. The van der Waals surface area contributed by atoms with Gasteiger partial charge in [0.25, 0.3) is 0 Å². The summed E-state index contributed by atoms with van der Waals surface area (Å²) in [4.78, 5) is 18.8. The third-order valence-corrected chi connectivity index (χ3v) is 6.90. The molecule has 1 unspecified atom stereocenters. The molecule has 168 valence electrons. The zero-order valence-electron chi connectivity index (χ0n) is 18.4. The number of carbonyl (C=O) groups is 1. The molecule has 0 saturated carbocycles. The maximum absolute atomic E-state index is 12.8. The van der Waals surface area contributed by atoms with E-state index < -0.39 is 5.60 Å². The number of anilines is 1. The van der Waals surface area contributed by atoms with Crippen molar-refractivity contribution in [2.75, 3.05) is 24.5 Å². The molecule has 0 bridgehead atoms. The van der Waals surface area contributed by atoms with Crippen LogP contribution in [0, 0.1) is 0 Å². The van der Waals surface area contributed by atoms with Crippen LogP contribution in [0.1, 0.15) is 37.7 Å². The summed E-state index contributed by atoms with van der Waals surface area (Å²) in [5.74, 6) is 0.362. The van der Waals surface area contributed by atoms with E-state index in [0.717, 1.165) is 10.3 Å². The van der Waals surface area contributed by atoms with Gasteiger partial charge in [-0.15, -0.1) is 0 Å². The minimum atomic E-state index is -0.815. The highest BCUT2D eigenvalue weighted by Gasteiger charge is 2.35. The first-order valence-electron chi connectivity index (χ1n) is 11.1. The van der Waals surface area contributed by atoms with Gasteiger partial charge in [0, 0.05) is 43.8 Å². The molecular weight excluding hydrogens is 466 g/mol. The number of carbonyl (C=O) groups excluding carboxylic acids is 1. The number of piperidine rings is 1. The zero-order valence-corrected chi connectivity index (χ0v) is 20.0. The fourth-order valence-corrected chi connectivity index (χ4v) is 4.91. The van der Waals surface area contributed by atoms with Crippen molar-refractivity contribution < 1.29 is 9.90 Å². The summed E-state index contributed by atoms with van der Waals surface area (Å²) >= 11 is 3.64. The number of β-amino-alcohol motifs (C(OH)–C–C–N with tert-alkyl or cyclic N) is 1. The summed E-state index contributed by atoms with van der Waals surface area (Å²) in [6, 6.07) is 20.3. The summed E-state index contributed by atoms with van der Waals surface area (Å²) in [5.41, 5.74) is 1.44. The first-order valence-corrected chi connectivity index (χ1v) is 11.9. The SMILES string of the molecule is CC(CC(=O)N1CCC(O)(CN2C=CN(c3ccccc3)C(Br)=C2)CC1)c1ccccc1. The Bertz CT molecular complexity index is 969. The molecule has 2 aliphatic rings. The van der Waals surface area contributed by atoms with Crippen LogP contribution in [0.4, 0.5) is 5.69 Å². The van der Waals surface area contributed by atoms with Gasteiger partial charge in [0.05, 0.1) is 12.1 Å². The van der Waals surface area contributed by atoms with E-state index in [1.165, 1.54) is 5.56 Å². The number of nitrogens with zero attached hydrogens (tertiary/aromatic N) is 3. The van der Waals surface area contributed by atoms with Crippen LogP contribution < -0.4 is 4.90 Å². The van der Waals surface area contributed by atoms with E-state index in [1.54, 1.807) is 0 Å². The summed E-state index contributed by atoms with van der Waals surface area (Å²) in [6.07, 6.45) is 7.63. The maximum Gasteiger partial charge on any atom is 0.223 e. The average molecular weight is 496 g/mol. The third kappa shape index (κ3) is 5.43. The first-order chi connectivity index (χ1) is 15.4. The highest BCUT2D eigenvalue weighted by atomic mass is 79.9. The summed E-state index contributed by atoms with van der Waals surface area (Å²) < 4.78 is 0.914. The molecule has 1 amide bonds. The van der Waals surface area contributed by atoms with Crippen LogP contribution in [-0.2, 0) is 4.79 Å². The number of aliphatic hydroxyl groups is 1. The second kappa shape index (κ2) is 9.92. The normalized spacial score (nSPS) is 19.0. The molecule has 4 rings (SSSR count). The average Bonchev–Trinajstić information content (AvgIpc) is 2.80. The molecule has 2 heterocycles. The highest BCUT2D eigenvalue weighted by Crippen LogP contribution is 2.30. The molecule has 2 aromatic carbocycles. The lowest BCUT2D eigenvalue weighted by atomic mass is 9.90. The van der Waals surface area contributed by atoms with Crippen LogP contribution in [-0.4, -0.2) is 46.0 Å². The third-order valence-electron chi connectivity index (χ3n) is 6.32. The van der Waals surface area contributed by atoms with E-state index in [1.807, 2.05) is 76.9 Å². The number of benzene rings is 2. The number of para-hydroxylation sites is 1. The molecule has 32 heavy (non-hydrogen) atoms. The van der Waals surface area contributed by atoms with Gasteiger partial charge in [0.2, 0.25) is 5.91 Å². The summed E-state index contributed by atoms with van der Waals surface area (Å²) in [7, 11) is 0. The smallest absolute Gasteiger partial charge is 0.223 e. The number of hydrogen-bond acceptors (Lipinski definition) is 4. The zero-order chi connectivity index (χ0) is 22.6. The van der Waals surface area contributed by atoms with Gasteiger partial charge in [-0.2, -0.15) is 0 Å². The molecule has 5 nitrogen and oxygen atoms in total. The number of halogens is 1. The topological polar surface area (TPSA) is 47.0 Å². The number of hydrogen-bond donors (Lipinski definition) is 1. The lowest BCUT2D eigenvalue weighted by Crippen LogP contribution is -2.51. The van der Waals surface area contributed by atoms with Crippen molar-refractivity contribution in [1.29, 1.82) is 0 Å². The Balaban J connectivity index is 1.29. The molecule has 0 spiro atoms. The van der Waals surface area contributed by atoms with Crippen molar-refractivity contribution in [2.24, 2.45) is 0 Å². The molecule has 0 aromatic heterocycles. The van der Waals surface area contributed by atoms with E-state index in [-0.39, 0.29) is 11.8 Å². The second-order valence-corrected chi connectivity index (χ2v) is 9.56. The van der Waals surface area contributed by atoms with Gasteiger partial charge >= 0.3 is 0 Å². The van der Waals surface area contributed by atoms with Crippen LogP contribution in [0.2, 0.25) is 0 Å². The van der Waals surface area contributed by atoms with Crippen LogP contribution in [0.25, 0.3) is 0 Å². The predicted octanol–water partition coefficient (Wildman–Crippen LogP) is 5.02. The molecular formula is C26H30BrN3O2. The fourth-order valence-electron chi connectivity index (χ4n) is 4.32. The lowest BCUT2D eigenvalue weighted by molar-refractivity contribution is -0.136. The van der Waals surface area contributed by atoms with Gasteiger partial charge in [0.15, 0.2) is 0 Å². The quantitative estimate of drug-likeness (QED) is 0.571. The summed E-state index contributed by atoms with van der Waals surface area (Å²) in [5, 5.41) is 11.2. The Labute approximate surface area is 198 Å². The van der Waals surface area contributed by atoms with Crippen molar-refractivity contribution >= 4 is 27.5 Å². The molecule has 1 N–H and O–H groups in total. The van der Waals surface area contributed by atoms with E-state index in [4.69, 9.17) is 0 Å². The molecule has 1 saturated heterocycles. The van der Waals surface area contributed by atoms with Gasteiger partial charge in [-0.05, 0) is 52.4 Å². The molecule has 6 heteroatoms. The largest absolute Gasteiger partial charge is 0.388 e. The van der Waals surface area contributed by atoms with Crippen LogP contribution >= 0.6 is 15.9 Å². The van der Waals surface area contributed by atoms with Gasteiger partial charge in [-0.25, -0.2) is 0 Å². The first kappa shape index (κ1) is 22.6. The minimum absolute atomic E-state index is 0.169. The van der Waals surface area contributed by atoms with Crippen LogP contribution in [0.15, 0.2) is 83.9 Å². The predicted molar refractivity (Wildman–Crippen MR) is 132 cm³/mol. The highest BCUT2D eigenvalue weighted by molar-refractivity contribution is 9.11. The van der Waals surface area contributed by atoms with E-state index in [0.29, 0.717) is 38.9 Å². The molecule has 1 fully saturated rings. The monoisotopic (exact) mass is 495 g/mol. The van der Waals surface area contributed by atoms with Crippen LogP contribution in [0.3, 0.4) is 0 Å². The molecule has 2 aliphatic heterocycles. The van der Waals surface area contributed by atoms with Crippen molar-refractivity contribution in [3.8, 4) is 0 Å². The van der Waals surface area contributed by atoms with Gasteiger partial charge in [-0.1, -0.05) is 55.5 Å². The maximum atomic E-state index is 12.8. The molecule has 2 aromatic rings. The fraction of sp³-hybridized carbons (Fsp3) is 0.346. The van der Waals surface area contributed by atoms with Crippen molar-refractivity contribution in [2.45, 2.75) is 37.7 Å². The van der Waals surface area contributed by atoms with Gasteiger partial charge < -0.3 is 19.8 Å². The number of likely N-dealkylation sites (tertiary alicyclic amines) is 1. The Morgan fingerprint density at radius 2 is 1.66 bits per heavy atom. The Kier molecular flexibility index (Phi) is 7.01. The lowest BCUT2D eigenvalue weighted by Gasteiger charge is -2.41. The minimum Gasteiger partial charge on any atom is -0.388 e. The van der Waals surface area contributed by atoms with Crippen molar-refractivity contribution in [3.05, 3.63) is 89.4 Å². The molecule has 0 radical (unpaired) electrons. The number of rotatable bonds is 6. The molecule has 0 aliphatic carbocycles. The van der Waals surface area contributed by atoms with Crippen LogP contribution in [0.5, 0.6) is 0 Å². The molecule has 1 atom stereocenters. The summed E-state index contributed by atoms with van der Waals surface area (Å²) in [6.45, 7) is 3.79. The van der Waals surface area contributed by atoms with E-state index >= 15 is 0 Å². The standard InChI is InChI=1S/C26H30BrN3O2/c1-21(22-8-4-2-5-9-22)18-25(31)29-14-12-26(32,13-15-29)20-28-16-17-30(24(27)19-28)23-10-6-3-7-11-23/h2-11,16-17,19,21,32H,12-15,18,20H2,1H3. The Morgan fingerprint density at radius 3 is 2.28 bits per heavy atom. The van der Waals surface area contributed by atoms with Crippen molar-refractivity contribution in [1.82, 2.24) is 9.80 Å². The van der Waals surface area contributed by atoms with Gasteiger partial charge in [0.1, 0.15) is 4.61 Å². The second-order valence-electron chi connectivity index (χ2n) is 8.75. The number of amides is 1. The van der Waals surface area contributed by atoms with Gasteiger partial charge in [-0.3, -0.25) is 4.79 Å². The Hall–Kier alpha value is -2.57. The van der Waals surface area contributed by atoms with Crippen molar-refractivity contribution in [3.63, 3.8) is 0 Å². The van der Waals surface area contributed by atoms with E-state index in [9.17, 15) is 9.90 Å². The van der Waals surface area contributed by atoms with E-state index in [2.05, 4.69) is 39.9 Å².